The molecule has 0 atom stereocenters. The van der Waals surface area contributed by atoms with Crippen LogP contribution in [0.25, 0.3) is 0 Å². The number of aromatic nitrogens is 2. The number of nitrogens with zero attached hydrogens (tertiary/aromatic N) is 5. The minimum atomic E-state index is -0.595. The first kappa shape index (κ1) is 19.6. The Labute approximate surface area is 171 Å². The van der Waals surface area contributed by atoms with Crippen molar-refractivity contribution in [3.8, 4) is 17.7 Å². The van der Waals surface area contributed by atoms with Crippen LogP contribution in [0.2, 0.25) is 10.0 Å². The third-order valence-electron chi connectivity index (χ3n) is 3.64. The highest BCUT2D eigenvalue weighted by Gasteiger charge is 2.26. The minimum Gasteiger partial charge on any atom is -0.436 e. The lowest BCUT2D eigenvalue weighted by atomic mass is 10.2. The first-order chi connectivity index (χ1) is 13.3. The van der Waals surface area contributed by atoms with Crippen molar-refractivity contribution in [2.24, 2.45) is 5.10 Å². The van der Waals surface area contributed by atoms with E-state index >= 15 is 0 Å². The van der Waals surface area contributed by atoms with Crippen LogP contribution in [0, 0.1) is 11.3 Å². The number of benzene rings is 1. The highest BCUT2D eigenvalue weighted by Crippen LogP contribution is 2.40. The second-order valence-electron chi connectivity index (χ2n) is 6.03. The Bertz CT molecular complexity index is 1020. The molecule has 2 amide bonds. The second-order valence-corrected chi connectivity index (χ2v) is 6.84. The largest absolute Gasteiger partial charge is 0.436 e. The van der Waals surface area contributed by atoms with Crippen molar-refractivity contribution in [2.75, 3.05) is 5.01 Å². The summed E-state index contributed by atoms with van der Waals surface area (Å²) in [6.07, 6.45) is 1.58. The molecule has 1 N–H and O–H groups in total. The first-order valence-corrected chi connectivity index (χ1v) is 8.84. The van der Waals surface area contributed by atoms with E-state index < -0.39 is 6.03 Å². The maximum Gasteiger partial charge on any atom is 0.347 e. The molecule has 3 rings (SSSR count). The van der Waals surface area contributed by atoms with Crippen molar-refractivity contribution < 1.29 is 9.53 Å². The monoisotopic (exact) mass is 416 g/mol. The summed E-state index contributed by atoms with van der Waals surface area (Å²) in [5, 5.41) is 16.7. The number of urea groups is 1. The van der Waals surface area contributed by atoms with Gasteiger partial charge in [0.25, 0.3) is 0 Å². The van der Waals surface area contributed by atoms with Crippen LogP contribution in [0.3, 0.4) is 0 Å². The number of carbonyl (C=O) groups is 1. The molecule has 0 spiro atoms. The number of amides is 2. The van der Waals surface area contributed by atoms with Gasteiger partial charge in [-0.25, -0.2) is 9.78 Å². The molecule has 8 nitrogen and oxygen atoms in total. The number of nitrogens with one attached hydrogen (secondary N) is 1. The lowest BCUT2D eigenvalue weighted by Crippen LogP contribution is -2.42. The molecule has 1 aromatic heterocycles. The number of allylic oxidation sites excluding steroid dienone is 1. The average Bonchev–Trinajstić information content (AvgIpc) is 2.65. The number of carbonyl (C=O) groups excluding carboxylic acids is 1. The van der Waals surface area contributed by atoms with E-state index in [4.69, 9.17) is 33.2 Å². The minimum absolute atomic E-state index is 0.0330. The van der Waals surface area contributed by atoms with E-state index in [0.717, 1.165) is 5.01 Å². The van der Waals surface area contributed by atoms with Gasteiger partial charge in [0.1, 0.15) is 11.9 Å². The Morgan fingerprint density at radius 2 is 2.00 bits per heavy atom. The van der Waals surface area contributed by atoms with Crippen molar-refractivity contribution >= 4 is 40.6 Å². The number of ether oxygens (including phenoxy) is 1. The molecule has 0 saturated heterocycles. The van der Waals surface area contributed by atoms with Crippen LogP contribution >= 0.6 is 23.2 Å². The number of halogens is 2. The van der Waals surface area contributed by atoms with E-state index in [1.807, 2.05) is 19.9 Å². The van der Waals surface area contributed by atoms with Gasteiger partial charge >= 0.3 is 6.03 Å². The van der Waals surface area contributed by atoms with Gasteiger partial charge in [-0.2, -0.15) is 20.4 Å². The van der Waals surface area contributed by atoms with Crippen molar-refractivity contribution in [2.45, 2.75) is 19.8 Å². The molecule has 0 bridgehead atoms. The van der Waals surface area contributed by atoms with E-state index in [1.54, 1.807) is 12.3 Å². The summed E-state index contributed by atoms with van der Waals surface area (Å²) in [4.78, 5) is 20.7. The van der Waals surface area contributed by atoms with Crippen LogP contribution in [0.15, 0.2) is 41.8 Å². The fourth-order valence-electron chi connectivity index (χ4n) is 2.27. The zero-order chi connectivity index (χ0) is 20.4. The van der Waals surface area contributed by atoms with E-state index in [0.29, 0.717) is 5.82 Å². The van der Waals surface area contributed by atoms with Gasteiger partial charge in [-0.05, 0) is 12.1 Å². The van der Waals surface area contributed by atoms with Gasteiger partial charge in [0.05, 0.1) is 21.4 Å². The molecule has 0 unspecified atom stereocenters. The quantitative estimate of drug-likeness (QED) is 0.782. The molecule has 1 aromatic carbocycles. The van der Waals surface area contributed by atoms with E-state index in [-0.39, 0.29) is 44.7 Å². The molecule has 10 heteroatoms. The SMILES string of the molecule is C=C1NC(=O)N(c2cc(Cl)c(Oc3ccnc(C(C)C)n3)c(Cl)c2)N=C1C#N. The molecule has 0 aliphatic carbocycles. The predicted molar refractivity (Wildman–Crippen MR) is 106 cm³/mol. The van der Waals surface area contributed by atoms with Crippen molar-refractivity contribution in [3.63, 3.8) is 0 Å². The van der Waals surface area contributed by atoms with Crippen molar-refractivity contribution in [1.29, 1.82) is 5.26 Å². The second kappa shape index (κ2) is 7.84. The standard InChI is InChI=1S/C18H14Cl2N6O2/c1-9(2)17-22-5-4-15(24-17)28-16-12(19)6-11(7-13(16)20)26-18(27)23-10(3)14(8-21)25-26/h4-7,9H,3H2,1-2H3,(H,23,27). The summed E-state index contributed by atoms with van der Waals surface area (Å²) in [5.41, 5.74) is 0.339. The summed E-state index contributed by atoms with van der Waals surface area (Å²) in [5.74, 6) is 1.19. The van der Waals surface area contributed by atoms with E-state index in [9.17, 15) is 4.79 Å². The zero-order valence-electron chi connectivity index (χ0n) is 14.9. The zero-order valence-corrected chi connectivity index (χ0v) is 16.4. The molecular formula is C18H14Cl2N6O2. The number of hydrogen-bond acceptors (Lipinski definition) is 6. The Hall–Kier alpha value is -3.15. The summed E-state index contributed by atoms with van der Waals surface area (Å²) in [6.45, 7) is 7.49. The average molecular weight is 417 g/mol. The van der Waals surface area contributed by atoms with Gasteiger partial charge in [0.15, 0.2) is 11.5 Å². The summed E-state index contributed by atoms with van der Waals surface area (Å²) in [7, 11) is 0. The topological polar surface area (TPSA) is 104 Å². The predicted octanol–water partition coefficient (Wildman–Crippen LogP) is 4.62. The van der Waals surface area contributed by atoms with Gasteiger partial charge in [0.2, 0.25) is 5.88 Å². The maximum absolute atomic E-state index is 12.2. The van der Waals surface area contributed by atoms with Gasteiger partial charge in [-0.15, -0.1) is 0 Å². The number of hydrazone groups is 1. The molecule has 0 radical (unpaired) electrons. The first-order valence-electron chi connectivity index (χ1n) is 8.09. The third-order valence-corrected chi connectivity index (χ3v) is 4.20. The lowest BCUT2D eigenvalue weighted by molar-refractivity contribution is 0.248. The van der Waals surface area contributed by atoms with Gasteiger partial charge in [-0.1, -0.05) is 43.6 Å². The molecule has 2 heterocycles. The molecule has 1 aliphatic rings. The lowest BCUT2D eigenvalue weighted by Gasteiger charge is -2.24. The van der Waals surface area contributed by atoms with Crippen molar-refractivity contribution in [3.05, 3.63) is 52.5 Å². The fourth-order valence-corrected chi connectivity index (χ4v) is 2.83. The maximum atomic E-state index is 12.2. The third kappa shape index (κ3) is 3.91. The molecule has 142 valence electrons. The van der Waals surface area contributed by atoms with Crippen molar-refractivity contribution in [1.82, 2.24) is 15.3 Å². The number of rotatable bonds is 4. The molecule has 28 heavy (non-hydrogen) atoms. The van der Waals surface area contributed by atoms with Crippen LogP contribution in [0.4, 0.5) is 10.5 Å². The number of hydrogen-bond donors (Lipinski definition) is 1. The highest BCUT2D eigenvalue weighted by molar-refractivity contribution is 6.37. The summed E-state index contributed by atoms with van der Waals surface area (Å²) >= 11 is 12.6. The van der Waals surface area contributed by atoms with Crippen LogP contribution in [-0.4, -0.2) is 21.7 Å². The number of anilines is 1. The summed E-state index contributed by atoms with van der Waals surface area (Å²) < 4.78 is 5.72. The fraction of sp³-hybridized carbons (Fsp3) is 0.167. The Balaban J connectivity index is 1.95. The van der Waals surface area contributed by atoms with Crippen LogP contribution < -0.4 is 15.1 Å². The normalized spacial score (nSPS) is 13.9. The van der Waals surface area contributed by atoms with Gasteiger partial charge < -0.3 is 10.1 Å². The van der Waals surface area contributed by atoms with Crippen LogP contribution in [-0.2, 0) is 0 Å². The van der Waals surface area contributed by atoms with E-state index in [2.05, 4.69) is 27.0 Å². The Kier molecular flexibility index (Phi) is 5.49. The van der Waals surface area contributed by atoms with E-state index in [1.165, 1.54) is 12.1 Å². The Morgan fingerprint density at radius 1 is 1.32 bits per heavy atom. The Morgan fingerprint density at radius 3 is 2.61 bits per heavy atom. The van der Waals surface area contributed by atoms with Crippen LogP contribution in [0.1, 0.15) is 25.6 Å². The molecule has 0 saturated carbocycles. The molecular weight excluding hydrogens is 403 g/mol. The molecule has 2 aromatic rings. The smallest absolute Gasteiger partial charge is 0.347 e. The molecule has 0 fully saturated rings. The van der Waals surface area contributed by atoms with Gasteiger partial charge in [0, 0.05) is 18.2 Å². The number of nitriles is 1. The molecule has 1 aliphatic heterocycles. The summed E-state index contributed by atoms with van der Waals surface area (Å²) in [6, 6.07) is 5.73. The van der Waals surface area contributed by atoms with Crippen LogP contribution in [0.5, 0.6) is 11.6 Å². The van der Waals surface area contributed by atoms with Gasteiger partial charge in [-0.3, -0.25) is 0 Å². The highest BCUT2D eigenvalue weighted by atomic mass is 35.5.